The molecule has 3 rings (SSSR count). The van der Waals surface area contributed by atoms with E-state index in [1.165, 1.54) is 11.8 Å². The van der Waals surface area contributed by atoms with Crippen LogP contribution < -0.4 is 4.74 Å². The Morgan fingerprint density at radius 1 is 1.09 bits per heavy atom. The number of thioether (sulfide) groups is 1. The molecule has 0 amide bonds. The van der Waals surface area contributed by atoms with Crippen LogP contribution in [0.15, 0.2) is 58.2 Å². The molecule has 0 aliphatic rings. The Balaban J connectivity index is 1.75. The lowest BCUT2D eigenvalue weighted by molar-refractivity contribution is 0.414. The molecule has 0 radical (unpaired) electrons. The molecule has 0 saturated heterocycles. The first kappa shape index (κ1) is 15.9. The molecular formula is C17H15ClN2O2S. The summed E-state index contributed by atoms with van der Waals surface area (Å²) >= 11 is 7.71. The SMILES string of the molecule is COc1ccc(-c2nnc(SC(C)c3ccccc3Cl)o2)cc1. The fourth-order valence-electron chi connectivity index (χ4n) is 2.13. The zero-order valence-corrected chi connectivity index (χ0v) is 14.3. The molecular weight excluding hydrogens is 332 g/mol. The van der Waals surface area contributed by atoms with Gasteiger partial charge in [0, 0.05) is 15.8 Å². The molecule has 2 aromatic carbocycles. The molecule has 0 N–H and O–H groups in total. The van der Waals surface area contributed by atoms with Crippen LogP contribution in [0.5, 0.6) is 5.75 Å². The van der Waals surface area contributed by atoms with Crippen molar-refractivity contribution in [1.29, 1.82) is 0 Å². The second kappa shape index (κ2) is 7.06. The summed E-state index contributed by atoms with van der Waals surface area (Å²) in [6, 6.07) is 15.3. The Labute approximate surface area is 143 Å². The van der Waals surface area contributed by atoms with Gasteiger partial charge in [-0.05, 0) is 42.8 Å². The summed E-state index contributed by atoms with van der Waals surface area (Å²) in [4.78, 5) is 0. The molecule has 4 nitrogen and oxygen atoms in total. The van der Waals surface area contributed by atoms with Crippen molar-refractivity contribution in [2.75, 3.05) is 7.11 Å². The third-order valence-electron chi connectivity index (χ3n) is 3.36. The first-order valence-electron chi connectivity index (χ1n) is 7.06. The van der Waals surface area contributed by atoms with E-state index in [0.717, 1.165) is 21.9 Å². The Morgan fingerprint density at radius 2 is 1.83 bits per heavy atom. The first-order chi connectivity index (χ1) is 11.2. The van der Waals surface area contributed by atoms with Crippen molar-refractivity contribution in [2.45, 2.75) is 17.4 Å². The lowest BCUT2D eigenvalue weighted by Crippen LogP contribution is -1.89. The highest BCUT2D eigenvalue weighted by Gasteiger charge is 2.16. The number of rotatable bonds is 5. The van der Waals surface area contributed by atoms with Gasteiger partial charge in [-0.1, -0.05) is 41.6 Å². The Morgan fingerprint density at radius 3 is 2.52 bits per heavy atom. The summed E-state index contributed by atoms with van der Waals surface area (Å²) in [7, 11) is 1.63. The lowest BCUT2D eigenvalue weighted by atomic mass is 10.2. The third-order valence-corrected chi connectivity index (χ3v) is 4.68. The fraction of sp³-hybridized carbons (Fsp3) is 0.176. The summed E-state index contributed by atoms with van der Waals surface area (Å²) in [5.41, 5.74) is 1.90. The van der Waals surface area contributed by atoms with Crippen LogP contribution in [0, 0.1) is 0 Å². The maximum atomic E-state index is 6.22. The highest BCUT2D eigenvalue weighted by Crippen LogP contribution is 2.37. The van der Waals surface area contributed by atoms with Gasteiger partial charge >= 0.3 is 0 Å². The summed E-state index contributed by atoms with van der Waals surface area (Å²) in [5, 5.41) is 9.58. The largest absolute Gasteiger partial charge is 0.497 e. The molecule has 0 spiro atoms. The predicted molar refractivity (Wildman–Crippen MR) is 92.0 cm³/mol. The van der Waals surface area contributed by atoms with Crippen LogP contribution in [0.2, 0.25) is 5.02 Å². The number of nitrogens with zero attached hydrogens (tertiary/aromatic N) is 2. The normalized spacial score (nSPS) is 12.1. The highest BCUT2D eigenvalue weighted by atomic mass is 35.5. The van der Waals surface area contributed by atoms with Gasteiger partial charge in [-0.25, -0.2) is 0 Å². The minimum Gasteiger partial charge on any atom is -0.497 e. The number of benzene rings is 2. The average molecular weight is 347 g/mol. The zero-order valence-electron chi connectivity index (χ0n) is 12.7. The van der Waals surface area contributed by atoms with Crippen LogP contribution in [0.25, 0.3) is 11.5 Å². The minimum absolute atomic E-state index is 0.118. The van der Waals surface area contributed by atoms with Gasteiger partial charge in [0.1, 0.15) is 5.75 Å². The Bertz CT molecular complexity index is 789. The van der Waals surface area contributed by atoms with Gasteiger partial charge in [-0.15, -0.1) is 10.2 Å². The summed E-state index contributed by atoms with van der Waals surface area (Å²) < 4.78 is 10.9. The van der Waals surface area contributed by atoms with E-state index in [4.69, 9.17) is 20.8 Å². The van der Waals surface area contributed by atoms with E-state index < -0.39 is 0 Å². The summed E-state index contributed by atoms with van der Waals surface area (Å²) in [6.07, 6.45) is 0. The molecule has 1 unspecified atom stereocenters. The Hall–Kier alpha value is -1.98. The van der Waals surface area contributed by atoms with Crippen LogP contribution in [0.3, 0.4) is 0 Å². The number of aromatic nitrogens is 2. The molecule has 0 fully saturated rings. The average Bonchev–Trinajstić information content (AvgIpc) is 3.03. The van der Waals surface area contributed by atoms with E-state index >= 15 is 0 Å². The van der Waals surface area contributed by atoms with Crippen molar-refractivity contribution in [3.05, 3.63) is 59.1 Å². The number of hydrogen-bond donors (Lipinski definition) is 0. The quantitative estimate of drug-likeness (QED) is 0.590. The van der Waals surface area contributed by atoms with Gasteiger partial charge in [-0.3, -0.25) is 0 Å². The van der Waals surface area contributed by atoms with Gasteiger partial charge in [0.25, 0.3) is 5.22 Å². The van der Waals surface area contributed by atoms with Crippen LogP contribution in [0.4, 0.5) is 0 Å². The molecule has 23 heavy (non-hydrogen) atoms. The van der Waals surface area contributed by atoms with Crippen molar-refractivity contribution >= 4 is 23.4 Å². The standard InChI is InChI=1S/C17H15ClN2O2S/c1-11(14-5-3-4-6-15(14)18)23-17-20-19-16(22-17)12-7-9-13(21-2)10-8-12/h3-11H,1-2H3. The number of ether oxygens (including phenoxy) is 1. The van der Waals surface area contributed by atoms with Gasteiger partial charge in [-0.2, -0.15) is 0 Å². The van der Waals surface area contributed by atoms with Gasteiger partial charge in [0.05, 0.1) is 7.11 Å². The molecule has 118 valence electrons. The molecule has 3 aromatic rings. The van der Waals surface area contributed by atoms with E-state index in [1.54, 1.807) is 7.11 Å². The summed E-state index contributed by atoms with van der Waals surface area (Å²) in [6.45, 7) is 2.06. The van der Waals surface area contributed by atoms with Crippen LogP contribution >= 0.6 is 23.4 Å². The van der Waals surface area contributed by atoms with E-state index in [0.29, 0.717) is 11.1 Å². The van der Waals surface area contributed by atoms with Gasteiger partial charge in [0.15, 0.2) is 0 Å². The smallest absolute Gasteiger partial charge is 0.277 e. The second-order valence-corrected chi connectivity index (χ2v) is 6.58. The third kappa shape index (κ3) is 3.68. The van der Waals surface area contributed by atoms with Crippen LogP contribution in [-0.4, -0.2) is 17.3 Å². The molecule has 1 heterocycles. The van der Waals surface area contributed by atoms with Crippen LogP contribution in [0.1, 0.15) is 17.7 Å². The maximum absolute atomic E-state index is 6.22. The number of halogens is 1. The van der Waals surface area contributed by atoms with Gasteiger partial charge < -0.3 is 9.15 Å². The van der Waals surface area contributed by atoms with Gasteiger partial charge in [0.2, 0.25) is 5.89 Å². The first-order valence-corrected chi connectivity index (χ1v) is 8.32. The fourth-order valence-corrected chi connectivity index (χ4v) is 3.34. The monoisotopic (exact) mass is 346 g/mol. The topological polar surface area (TPSA) is 48.2 Å². The van der Waals surface area contributed by atoms with Crippen molar-refractivity contribution in [3.63, 3.8) is 0 Å². The zero-order chi connectivity index (χ0) is 16.2. The molecule has 6 heteroatoms. The molecule has 0 saturated carbocycles. The number of methoxy groups -OCH3 is 1. The summed E-state index contributed by atoms with van der Waals surface area (Å²) in [5.74, 6) is 1.27. The predicted octanol–water partition coefficient (Wildman–Crippen LogP) is 5.25. The van der Waals surface area contributed by atoms with Crippen LogP contribution in [-0.2, 0) is 0 Å². The van der Waals surface area contributed by atoms with Crippen molar-refractivity contribution in [1.82, 2.24) is 10.2 Å². The van der Waals surface area contributed by atoms with E-state index in [2.05, 4.69) is 17.1 Å². The second-order valence-electron chi connectivity index (χ2n) is 4.88. The highest BCUT2D eigenvalue weighted by molar-refractivity contribution is 7.99. The molecule has 0 aliphatic heterocycles. The van der Waals surface area contributed by atoms with E-state index in [9.17, 15) is 0 Å². The Kier molecular flexibility index (Phi) is 4.88. The number of hydrogen-bond acceptors (Lipinski definition) is 5. The van der Waals surface area contributed by atoms with Crippen molar-refractivity contribution in [3.8, 4) is 17.2 Å². The van der Waals surface area contributed by atoms with Crippen molar-refractivity contribution in [2.24, 2.45) is 0 Å². The maximum Gasteiger partial charge on any atom is 0.277 e. The molecule has 0 aliphatic carbocycles. The molecule has 1 atom stereocenters. The van der Waals surface area contributed by atoms with E-state index in [1.807, 2.05) is 48.5 Å². The molecule has 1 aromatic heterocycles. The van der Waals surface area contributed by atoms with Crippen molar-refractivity contribution < 1.29 is 9.15 Å². The molecule has 0 bridgehead atoms. The minimum atomic E-state index is 0.118. The lowest BCUT2D eigenvalue weighted by Gasteiger charge is -2.10. The van der Waals surface area contributed by atoms with E-state index in [-0.39, 0.29) is 5.25 Å².